The summed E-state index contributed by atoms with van der Waals surface area (Å²) in [6.45, 7) is 6.38. The number of hydrogen-bond donors (Lipinski definition) is 2. The van der Waals surface area contributed by atoms with Crippen molar-refractivity contribution < 1.29 is 5.11 Å². The van der Waals surface area contributed by atoms with E-state index in [2.05, 4.69) is 26.1 Å². The third-order valence-electron chi connectivity index (χ3n) is 2.01. The Morgan fingerprint density at radius 2 is 2.10 bits per heavy atom. The van der Waals surface area contributed by atoms with Gasteiger partial charge in [0.25, 0.3) is 0 Å². The Balaban J connectivity index is 2.51. The molecule has 2 N–H and O–H groups in total. The summed E-state index contributed by atoms with van der Waals surface area (Å²) < 4.78 is 0. The van der Waals surface area contributed by atoms with E-state index in [1.165, 1.54) is 0 Å². The Morgan fingerprint density at radius 1 is 1.50 bits per heavy atom. The summed E-state index contributed by atoms with van der Waals surface area (Å²) in [5.41, 5.74) is 0.122. The number of hydrogen-bond acceptors (Lipinski definition) is 2. The molecule has 2 unspecified atom stereocenters. The quantitative estimate of drug-likeness (QED) is 0.528. The van der Waals surface area contributed by atoms with Crippen molar-refractivity contribution >= 4 is 0 Å². The predicted molar refractivity (Wildman–Crippen MR) is 41.9 cm³/mol. The molecular weight excluding hydrogens is 126 g/mol. The van der Waals surface area contributed by atoms with Gasteiger partial charge in [0.2, 0.25) is 0 Å². The van der Waals surface area contributed by atoms with Gasteiger partial charge in [-0.15, -0.1) is 0 Å². The number of rotatable bonds is 0. The summed E-state index contributed by atoms with van der Waals surface area (Å²) in [7, 11) is 0. The average molecular weight is 143 g/mol. The second-order valence-electron chi connectivity index (χ2n) is 4.02. The molecule has 0 saturated carbocycles. The van der Waals surface area contributed by atoms with E-state index in [4.69, 9.17) is 0 Å². The Morgan fingerprint density at radius 3 is 2.50 bits per heavy atom. The minimum Gasteiger partial charge on any atom is -0.393 e. The molecule has 1 aliphatic heterocycles. The van der Waals surface area contributed by atoms with Crippen molar-refractivity contribution in [3.63, 3.8) is 0 Å². The second kappa shape index (κ2) is 2.51. The molecule has 60 valence electrons. The van der Waals surface area contributed by atoms with Crippen LogP contribution in [0, 0.1) is 0 Å². The van der Waals surface area contributed by atoms with E-state index in [1.54, 1.807) is 0 Å². The fourth-order valence-electron chi connectivity index (χ4n) is 1.87. The molecule has 2 nitrogen and oxygen atoms in total. The van der Waals surface area contributed by atoms with Gasteiger partial charge in [-0.2, -0.15) is 0 Å². The van der Waals surface area contributed by atoms with Crippen LogP contribution < -0.4 is 5.32 Å². The second-order valence-corrected chi connectivity index (χ2v) is 4.02. The summed E-state index contributed by atoms with van der Waals surface area (Å²) in [6.07, 6.45) is 1.66. The molecular formula is C8H17NO. The largest absolute Gasteiger partial charge is 0.393 e. The maximum absolute atomic E-state index is 9.38. The van der Waals surface area contributed by atoms with Gasteiger partial charge in [0.05, 0.1) is 6.10 Å². The van der Waals surface area contributed by atoms with Crippen molar-refractivity contribution in [2.24, 2.45) is 0 Å². The van der Waals surface area contributed by atoms with Gasteiger partial charge in [0.1, 0.15) is 0 Å². The van der Waals surface area contributed by atoms with Crippen LogP contribution in [-0.4, -0.2) is 22.8 Å². The van der Waals surface area contributed by atoms with Crippen LogP contribution in [0.2, 0.25) is 0 Å². The number of aliphatic hydroxyl groups is 1. The minimum atomic E-state index is -0.105. The first-order chi connectivity index (χ1) is 4.49. The maximum Gasteiger partial charge on any atom is 0.0572 e. The van der Waals surface area contributed by atoms with Crippen LogP contribution in [0.4, 0.5) is 0 Å². The maximum atomic E-state index is 9.38. The molecule has 1 aliphatic rings. The zero-order valence-electron chi connectivity index (χ0n) is 7.02. The van der Waals surface area contributed by atoms with Crippen LogP contribution in [0.15, 0.2) is 0 Å². The highest BCUT2D eigenvalue weighted by atomic mass is 16.3. The molecule has 0 spiro atoms. The SMILES string of the molecule is CC1CC(O)CC(C)(C)N1. The van der Waals surface area contributed by atoms with Crippen molar-refractivity contribution in [2.75, 3.05) is 0 Å². The molecule has 1 saturated heterocycles. The zero-order valence-corrected chi connectivity index (χ0v) is 7.02. The Hall–Kier alpha value is -0.0800. The monoisotopic (exact) mass is 143 g/mol. The lowest BCUT2D eigenvalue weighted by molar-refractivity contribution is 0.0711. The molecule has 0 bridgehead atoms. The molecule has 2 atom stereocenters. The lowest BCUT2D eigenvalue weighted by atomic mass is 9.88. The first-order valence-electron chi connectivity index (χ1n) is 3.95. The van der Waals surface area contributed by atoms with E-state index in [0.29, 0.717) is 6.04 Å². The number of nitrogens with one attached hydrogen (secondary N) is 1. The fraction of sp³-hybridized carbons (Fsp3) is 1.00. The first-order valence-corrected chi connectivity index (χ1v) is 3.95. The van der Waals surface area contributed by atoms with Crippen LogP contribution in [0.5, 0.6) is 0 Å². The van der Waals surface area contributed by atoms with Gasteiger partial charge in [0.15, 0.2) is 0 Å². The van der Waals surface area contributed by atoms with Crippen molar-refractivity contribution in [2.45, 2.75) is 51.3 Å². The molecule has 0 amide bonds. The highest BCUT2D eigenvalue weighted by Crippen LogP contribution is 2.21. The highest BCUT2D eigenvalue weighted by Gasteiger charge is 2.29. The van der Waals surface area contributed by atoms with E-state index >= 15 is 0 Å². The number of piperidine rings is 1. The van der Waals surface area contributed by atoms with Crippen LogP contribution in [-0.2, 0) is 0 Å². The molecule has 1 rings (SSSR count). The van der Waals surface area contributed by atoms with E-state index in [9.17, 15) is 5.11 Å². The first kappa shape index (κ1) is 8.02. The molecule has 10 heavy (non-hydrogen) atoms. The molecule has 1 fully saturated rings. The smallest absolute Gasteiger partial charge is 0.0572 e. The fourth-order valence-corrected chi connectivity index (χ4v) is 1.87. The molecule has 0 aliphatic carbocycles. The van der Waals surface area contributed by atoms with Gasteiger partial charge >= 0.3 is 0 Å². The topological polar surface area (TPSA) is 32.3 Å². The van der Waals surface area contributed by atoms with Gasteiger partial charge in [-0.25, -0.2) is 0 Å². The summed E-state index contributed by atoms with van der Waals surface area (Å²) in [5.74, 6) is 0. The summed E-state index contributed by atoms with van der Waals surface area (Å²) in [5, 5.41) is 12.8. The highest BCUT2D eigenvalue weighted by molar-refractivity contribution is 4.89. The molecule has 0 radical (unpaired) electrons. The lowest BCUT2D eigenvalue weighted by Gasteiger charge is -2.38. The molecule has 0 aromatic rings. The Bertz CT molecular complexity index is 110. The van der Waals surface area contributed by atoms with Crippen molar-refractivity contribution in [1.29, 1.82) is 0 Å². The normalized spacial score (nSPS) is 39.6. The zero-order chi connectivity index (χ0) is 7.78. The standard InChI is InChI=1S/C8H17NO/c1-6-4-7(10)5-8(2,3)9-6/h6-7,9-10H,4-5H2,1-3H3. The van der Waals surface area contributed by atoms with Gasteiger partial charge in [-0.1, -0.05) is 0 Å². The molecule has 0 aromatic carbocycles. The predicted octanol–water partition coefficient (Wildman–Crippen LogP) is 0.898. The lowest BCUT2D eigenvalue weighted by Crippen LogP contribution is -2.52. The van der Waals surface area contributed by atoms with Crippen LogP contribution in [0.1, 0.15) is 33.6 Å². The van der Waals surface area contributed by atoms with Crippen LogP contribution in [0.25, 0.3) is 0 Å². The molecule has 0 aromatic heterocycles. The van der Waals surface area contributed by atoms with Gasteiger partial charge in [-0.3, -0.25) is 0 Å². The van der Waals surface area contributed by atoms with Crippen LogP contribution in [0.3, 0.4) is 0 Å². The Kier molecular flexibility index (Phi) is 2.02. The number of aliphatic hydroxyl groups excluding tert-OH is 1. The van der Waals surface area contributed by atoms with Crippen molar-refractivity contribution in [1.82, 2.24) is 5.32 Å². The van der Waals surface area contributed by atoms with E-state index in [-0.39, 0.29) is 11.6 Å². The Labute approximate surface area is 62.6 Å². The average Bonchev–Trinajstić information content (AvgIpc) is 1.54. The van der Waals surface area contributed by atoms with E-state index in [1.807, 2.05) is 0 Å². The summed E-state index contributed by atoms with van der Waals surface area (Å²) in [6, 6.07) is 0.457. The third-order valence-corrected chi connectivity index (χ3v) is 2.01. The van der Waals surface area contributed by atoms with Crippen LogP contribution >= 0.6 is 0 Å². The minimum absolute atomic E-state index is 0.105. The third kappa shape index (κ3) is 1.96. The summed E-state index contributed by atoms with van der Waals surface area (Å²) >= 11 is 0. The van der Waals surface area contributed by atoms with E-state index in [0.717, 1.165) is 12.8 Å². The van der Waals surface area contributed by atoms with Crippen molar-refractivity contribution in [3.05, 3.63) is 0 Å². The molecule has 2 heteroatoms. The van der Waals surface area contributed by atoms with Gasteiger partial charge in [-0.05, 0) is 33.6 Å². The van der Waals surface area contributed by atoms with Gasteiger partial charge < -0.3 is 10.4 Å². The molecule has 1 heterocycles. The van der Waals surface area contributed by atoms with E-state index < -0.39 is 0 Å². The van der Waals surface area contributed by atoms with Gasteiger partial charge in [0, 0.05) is 11.6 Å². The van der Waals surface area contributed by atoms with Crippen molar-refractivity contribution in [3.8, 4) is 0 Å². The summed E-state index contributed by atoms with van der Waals surface area (Å²) in [4.78, 5) is 0.